The highest BCUT2D eigenvalue weighted by molar-refractivity contribution is 6.17. The van der Waals surface area contributed by atoms with Crippen LogP contribution in [0, 0.1) is 0 Å². The molecule has 2 N–H and O–H groups in total. The zero-order valence-electron chi connectivity index (χ0n) is 29.8. The van der Waals surface area contributed by atoms with Crippen LogP contribution in [0.15, 0.2) is 192 Å². The van der Waals surface area contributed by atoms with E-state index in [-0.39, 0.29) is 0 Å². The molecule has 0 saturated carbocycles. The third kappa shape index (κ3) is 6.71. The number of amidine groups is 2. The van der Waals surface area contributed by atoms with Crippen molar-refractivity contribution >= 4 is 50.2 Å². The van der Waals surface area contributed by atoms with E-state index in [0.29, 0.717) is 23.8 Å². The molecule has 0 radical (unpaired) electrons. The van der Waals surface area contributed by atoms with Crippen molar-refractivity contribution in [3.05, 3.63) is 204 Å². The first-order valence-corrected chi connectivity index (χ1v) is 18.0. The second kappa shape index (κ2) is 14.8. The summed E-state index contributed by atoms with van der Waals surface area (Å²) in [6.07, 6.45) is 17.3. The van der Waals surface area contributed by atoms with Crippen molar-refractivity contribution < 1.29 is 0 Å². The monoisotopic (exact) mass is 684 g/mol. The second-order valence-corrected chi connectivity index (χ2v) is 13.2. The smallest absolute Gasteiger partial charge is 0.157 e. The molecule has 1 aliphatic carbocycles. The van der Waals surface area contributed by atoms with Gasteiger partial charge in [0.05, 0.1) is 12.1 Å². The van der Waals surface area contributed by atoms with Crippen LogP contribution in [0.4, 0.5) is 0 Å². The Labute approximate surface area is 310 Å². The maximum Gasteiger partial charge on any atom is 0.157 e. The summed E-state index contributed by atoms with van der Waals surface area (Å²) in [5.41, 5.74) is 16.2. The molecular formula is C49H40N4. The predicted molar refractivity (Wildman–Crippen MR) is 227 cm³/mol. The van der Waals surface area contributed by atoms with Gasteiger partial charge >= 0.3 is 0 Å². The van der Waals surface area contributed by atoms with Crippen LogP contribution in [0.3, 0.4) is 0 Å². The van der Waals surface area contributed by atoms with Crippen LogP contribution in [0.5, 0.6) is 0 Å². The van der Waals surface area contributed by atoms with E-state index < -0.39 is 0 Å². The van der Waals surface area contributed by atoms with Crippen molar-refractivity contribution in [1.82, 2.24) is 4.57 Å². The predicted octanol–water partition coefficient (Wildman–Crippen LogP) is 11.7. The van der Waals surface area contributed by atoms with E-state index in [1.807, 2.05) is 49.4 Å². The lowest BCUT2D eigenvalue weighted by atomic mass is 9.92. The van der Waals surface area contributed by atoms with Crippen LogP contribution in [-0.2, 0) is 13.0 Å². The van der Waals surface area contributed by atoms with Crippen LogP contribution in [0.1, 0.15) is 29.3 Å². The Balaban J connectivity index is 1.29. The molecule has 0 fully saturated rings. The van der Waals surface area contributed by atoms with E-state index in [1.165, 1.54) is 32.9 Å². The number of fused-ring (bicyclic) bond motifs is 5. The fraction of sp³-hybridized carbons (Fsp3) is 0.0612. The van der Waals surface area contributed by atoms with Gasteiger partial charge in [-0.25, -0.2) is 4.99 Å². The third-order valence-corrected chi connectivity index (χ3v) is 9.79. The van der Waals surface area contributed by atoms with E-state index in [9.17, 15) is 0 Å². The van der Waals surface area contributed by atoms with Gasteiger partial charge in [0.2, 0.25) is 0 Å². The lowest BCUT2D eigenvalue weighted by molar-refractivity contribution is 1.00. The standard InChI is InChI=1S/C49H40N4/c1-3-4-7-16-34(2)48(50)52-49(51-33-35-17-8-5-9-18-35)43-30-27-36-19-14-15-22-41(36)47(43)37-25-28-40(29-26-37)53-45-24-11-6-10-23-42(45)44-31-38-20-12-13-21-39(38)32-46(44)53/h3-23,25-32H,2,24,33H2,1H3,(H2,50,51,52)/b4-3-,16-7-. The van der Waals surface area contributed by atoms with Crippen LogP contribution in [0.25, 0.3) is 55.3 Å². The molecule has 0 atom stereocenters. The number of aliphatic imine (C=N–C) groups is 2. The fourth-order valence-corrected chi connectivity index (χ4v) is 7.17. The number of benzene rings is 6. The first kappa shape index (κ1) is 33.4. The first-order chi connectivity index (χ1) is 26.1. The van der Waals surface area contributed by atoms with Gasteiger partial charge in [0.25, 0.3) is 0 Å². The zero-order valence-corrected chi connectivity index (χ0v) is 29.8. The topological polar surface area (TPSA) is 55.7 Å². The molecule has 1 heterocycles. The van der Waals surface area contributed by atoms with E-state index in [2.05, 4.69) is 145 Å². The summed E-state index contributed by atoms with van der Waals surface area (Å²) in [7, 11) is 0. The van der Waals surface area contributed by atoms with Gasteiger partial charge in [0.1, 0.15) is 5.84 Å². The normalized spacial score (nSPS) is 13.5. The van der Waals surface area contributed by atoms with Gasteiger partial charge in [0, 0.05) is 45.5 Å². The summed E-state index contributed by atoms with van der Waals surface area (Å²) < 4.78 is 2.43. The molecular weight excluding hydrogens is 645 g/mol. The van der Waals surface area contributed by atoms with Crippen LogP contribution < -0.4 is 5.73 Å². The minimum Gasteiger partial charge on any atom is -0.383 e. The lowest BCUT2D eigenvalue weighted by Crippen LogP contribution is -2.16. The highest BCUT2D eigenvalue weighted by Gasteiger charge is 2.20. The Morgan fingerprint density at radius 2 is 1.51 bits per heavy atom. The molecule has 8 rings (SSSR count). The van der Waals surface area contributed by atoms with E-state index in [1.54, 1.807) is 0 Å². The number of hydrogen-bond acceptors (Lipinski definition) is 1. The van der Waals surface area contributed by atoms with Gasteiger partial charge in [-0.3, -0.25) is 4.99 Å². The average Bonchev–Trinajstić information content (AvgIpc) is 3.31. The van der Waals surface area contributed by atoms with Gasteiger partial charge in [-0.15, -0.1) is 0 Å². The molecule has 1 aliphatic rings. The van der Waals surface area contributed by atoms with Crippen molar-refractivity contribution in [2.24, 2.45) is 15.7 Å². The van der Waals surface area contributed by atoms with Crippen LogP contribution in [0.2, 0.25) is 0 Å². The maximum atomic E-state index is 6.61. The number of nitrogens with zero attached hydrogens (tertiary/aromatic N) is 3. The third-order valence-electron chi connectivity index (χ3n) is 9.79. The van der Waals surface area contributed by atoms with Crippen molar-refractivity contribution in [2.45, 2.75) is 19.9 Å². The molecule has 7 aromatic rings. The Morgan fingerprint density at radius 3 is 2.30 bits per heavy atom. The molecule has 0 saturated heterocycles. The summed E-state index contributed by atoms with van der Waals surface area (Å²) in [5, 5.41) is 5.99. The minimum absolute atomic E-state index is 0.322. The molecule has 53 heavy (non-hydrogen) atoms. The Hall–Kier alpha value is -6.78. The average molecular weight is 685 g/mol. The van der Waals surface area contributed by atoms with Gasteiger partial charge in [-0.1, -0.05) is 152 Å². The molecule has 6 aromatic carbocycles. The molecule has 0 aliphatic heterocycles. The highest BCUT2D eigenvalue weighted by Crippen LogP contribution is 2.37. The highest BCUT2D eigenvalue weighted by atomic mass is 15.0. The molecule has 0 bridgehead atoms. The largest absolute Gasteiger partial charge is 0.383 e. The van der Waals surface area contributed by atoms with Crippen molar-refractivity contribution in [3.63, 3.8) is 0 Å². The summed E-state index contributed by atoms with van der Waals surface area (Å²) in [5.74, 6) is 0.881. The molecule has 0 spiro atoms. The zero-order chi connectivity index (χ0) is 36.1. The van der Waals surface area contributed by atoms with Crippen molar-refractivity contribution in [2.75, 3.05) is 0 Å². The first-order valence-electron chi connectivity index (χ1n) is 18.0. The molecule has 4 heteroatoms. The van der Waals surface area contributed by atoms with Gasteiger partial charge < -0.3 is 10.3 Å². The lowest BCUT2D eigenvalue weighted by Gasteiger charge is -2.16. The van der Waals surface area contributed by atoms with Crippen LogP contribution in [-0.4, -0.2) is 16.2 Å². The SMILES string of the molecule is C=C(/C=C\C=C/C)/C(N)=N/C(=N\Cc1ccccc1)c1ccc2ccccc2c1-c1ccc(-n2c3c(c4cc5ccccc5cc42)C=CC=CC3)cc1. The van der Waals surface area contributed by atoms with Gasteiger partial charge in [-0.2, -0.15) is 0 Å². The number of nitrogens with two attached hydrogens (primary N) is 1. The summed E-state index contributed by atoms with van der Waals surface area (Å²) in [6, 6.07) is 45.2. The number of allylic oxidation sites excluding steroid dienone is 6. The van der Waals surface area contributed by atoms with Crippen LogP contribution >= 0.6 is 0 Å². The van der Waals surface area contributed by atoms with E-state index in [4.69, 9.17) is 15.7 Å². The van der Waals surface area contributed by atoms with E-state index >= 15 is 0 Å². The molecule has 0 amide bonds. The second-order valence-electron chi connectivity index (χ2n) is 13.2. The fourth-order valence-electron chi connectivity index (χ4n) is 7.17. The Morgan fingerprint density at radius 1 is 0.774 bits per heavy atom. The molecule has 1 aromatic heterocycles. The van der Waals surface area contributed by atoms with Crippen molar-refractivity contribution in [3.8, 4) is 16.8 Å². The van der Waals surface area contributed by atoms with Gasteiger partial charge in [0.15, 0.2) is 5.84 Å². The quantitative estimate of drug-likeness (QED) is 0.0967. The molecule has 4 nitrogen and oxygen atoms in total. The minimum atomic E-state index is 0.322. The van der Waals surface area contributed by atoms with Gasteiger partial charge in [-0.05, 0) is 69.9 Å². The number of rotatable bonds is 8. The number of hydrogen-bond donors (Lipinski definition) is 1. The Bertz CT molecular complexity index is 2680. The summed E-state index contributed by atoms with van der Waals surface area (Å²) in [6.45, 7) is 6.62. The summed E-state index contributed by atoms with van der Waals surface area (Å²) in [4.78, 5) is 10.1. The summed E-state index contributed by atoms with van der Waals surface area (Å²) >= 11 is 0. The van der Waals surface area contributed by atoms with E-state index in [0.717, 1.165) is 45.1 Å². The Kier molecular flexibility index (Phi) is 9.34. The number of aromatic nitrogens is 1. The molecule has 0 unspecified atom stereocenters. The molecule has 256 valence electrons. The maximum absolute atomic E-state index is 6.61. The van der Waals surface area contributed by atoms with Crippen molar-refractivity contribution in [1.29, 1.82) is 0 Å².